The molecule has 1 amide bonds. The average Bonchev–Trinajstić information content (AvgIpc) is 3.39. The monoisotopic (exact) mass is 566 g/mol. The van der Waals surface area contributed by atoms with Crippen LogP contribution in [0, 0.1) is 17.5 Å². The van der Waals surface area contributed by atoms with Gasteiger partial charge in [-0.15, -0.1) is 5.10 Å². The second kappa shape index (κ2) is 10.9. The Labute approximate surface area is 226 Å². The third-order valence-electron chi connectivity index (χ3n) is 7.34. The number of piperidine rings is 1. The summed E-state index contributed by atoms with van der Waals surface area (Å²) in [6.45, 7) is -0.175. The molecule has 5 rings (SSSR count). The number of amides is 1. The van der Waals surface area contributed by atoms with Crippen LogP contribution in [0.3, 0.4) is 0 Å². The van der Waals surface area contributed by atoms with Gasteiger partial charge in [-0.05, 0) is 42.7 Å². The van der Waals surface area contributed by atoms with Crippen molar-refractivity contribution >= 4 is 17.5 Å². The lowest BCUT2D eigenvalue weighted by atomic mass is 9.78. The molecule has 1 spiro atoms. The Morgan fingerprint density at radius 1 is 1.18 bits per heavy atom. The summed E-state index contributed by atoms with van der Waals surface area (Å²) in [5.41, 5.74) is -0.755. The molecule has 3 aromatic rings. The Morgan fingerprint density at radius 3 is 2.62 bits per heavy atom. The molecule has 39 heavy (non-hydrogen) atoms. The number of ether oxygens (including phenoxy) is 1. The van der Waals surface area contributed by atoms with Crippen molar-refractivity contribution in [3.63, 3.8) is 0 Å². The highest BCUT2D eigenvalue weighted by molar-refractivity contribution is 6.30. The first-order valence-corrected chi connectivity index (χ1v) is 12.7. The number of carbonyl (C=O) groups excluding carboxylic acids is 1. The molecule has 2 aromatic carbocycles. The van der Waals surface area contributed by atoms with Gasteiger partial charge in [0, 0.05) is 17.1 Å². The molecule has 13 heteroatoms. The number of aliphatic hydroxyl groups excluding tert-OH is 3. The second-order valence-electron chi connectivity index (χ2n) is 9.89. The van der Waals surface area contributed by atoms with Crippen molar-refractivity contribution in [2.45, 2.75) is 49.2 Å². The van der Waals surface area contributed by atoms with E-state index in [0.717, 1.165) is 22.4 Å². The SMILES string of the molecule is O=C(Cc1cccc(Cl)c1)N1CCC[C@]2(C1)O[C@H](CO)[C@H](O)[C@H](n1cc(-c3cc(F)c(F)c(F)c3)nn1)[C@H]2O. The van der Waals surface area contributed by atoms with Crippen LogP contribution in [-0.2, 0) is 16.0 Å². The van der Waals surface area contributed by atoms with Crippen LogP contribution in [-0.4, -0.2) is 84.7 Å². The lowest BCUT2D eigenvalue weighted by Gasteiger charge is -2.53. The summed E-state index contributed by atoms with van der Waals surface area (Å²) in [6, 6.07) is 7.26. The van der Waals surface area contributed by atoms with E-state index in [9.17, 15) is 33.3 Å². The van der Waals surface area contributed by atoms with Crippen molar-refractivity contribution in [1.29, 1.82) is 0 Å². The van der Waals surface area contributed by atoms with Gasteiger partial charge in [-0.3, -0.25) is 4.79 Å². The smallest absolute Gasteiger partial charge is 0.227 e. The number of benzene rings is 2. The minimum atomic E-state index is -1.62. The van der Waals surface area contributed by atoms with Crippen LogP contribution in [0.2, 0.25) is 5.02 Å². The van der Waals surface area contributed by atoms with Crippen molar-refractivity contribution in [3.05, 3.63) is 70.6 Å². The second-order valence-corrected chi connectivity index (χ2v) is 10.3. The number of carbonyl (C=O) groups is 1. The first kappa shape index (κ1) is 27.5. The number of rotatable bonds is 5. The van der Waals surface area contributed by atoms with Crippen molar-refractivity contribution in [2.24, 2.45) is 0 Å². The molecule has 0 aliphatic carbocycles. The molecule has 2 fully saturated rings. The topological polar surface area (TPSA) is 121 Å². The van der Waals surface area contributed by atoms with Crippen LogP contribution >= 0.6 is 11.6 Å². The minimum Gasteiger partial charge on any atom is -0.394 e. The van der Waals surface area contributed by atoms with Gasteiger partial charge < -0.3 is 25.0 Å². The molecular formula is C26H26ClF3N4O5. The fraction of sp³-hybridized carbons (Fsp3) is 0.423. The fourth-order valence-corrected chi connectivity index (χ4v) is 5.61. The van der Waals surface area contributed by atoms with Gasteiger partial charge in [0.25, 0.3) is 0 Å². The maximum Gasteiger partial charge on any atom is 0.227 e. The predicted octanol–water partition coefficient (Wildman–Crippen LogP) is 2.27. The Hall–Kier alpha value is -3.03. The van der Waals surface area contributed by atoms with E-state index in [1.54, 1.807) is 29.2 Å². The van der Waals surface area contributed by atoms with E-state index in [1.165, 1.54) is 6.20 Å². The molecule has 2 saturated heterocycles. The number of hydrogen-bond acceptors (Lipinski definition) is 7. The van der Waals surface area contributed by atoms with Gasteiger partial charge >= 0.3 is 0 Å². The van der Waals surface area contributed by atoms with Gasteiger partial charge in [0.2, 0.25) is 5.91 Å². The summed E-state index contributed by atoms with van der Waals surface area (Å²) in [5.74, 6) is -4.65. The molecule has 9 nitrogen and oxygen atoms in total. The predicted molar refractivity (Wildman–Crippen MR) is 132 cm³/mol. The number of hydrogen-bond donors (Lipinski definition) is 3. The molecule has 0 unspecified atom stereocenters. The summed E-state index contributed by atoms with van der Waals surface area (Å²) < 4.78 is 48.1. The minimum absolute atomic E-state index is 0.0107. The molecule has 0 radical (unpaired) electrons. The van der Waals surface area contributed by atoms with Crippen molar-refractivity contribution in [3.8, 4) is 11.3 Å². The van der Waals surface area contributed by atoms with Crippen LogP contribution in [0.1, 0.15) is 24.4 Å². The van der Waals surface area contributed by atoms with Crippen molar-refractivity contribution in [1.82, 2.24) is 19.9 Å². The van der Waals surface area contributed by atoms with Crippen LogP contribution in [0.5, 0.6) is 0 Å². The van der Waals surface area contributed by atoms with Gasteiger partial charge in [-0.2, -0.15) is 0 Å². The number of nitrogens with zero attached hydrogens (tertiary/aromatic N) is 4. The summed E-state index contributed by atoms with van der Waals surface area (Å²) in [4.78, 5) is 14.7. The first-order valence-electron chi connectivity index (χ1n) is 12.4. The molecule has 0 bridgehead atoms. The van der Waals surface area contributed by atoms with Gasteiger partial charge in [0.1, 0.15) is 35.6 Å². The van der Waals surface area contributed by atoms with Gasteiger partial charge in [0.15, 0.2) is 17.5 Å². The van der Waals surface area contributed by atoms with E-state index in [-0.39, 0.29) is 30.1 Å². The number of halogens is 4. The molecule has 1 aromatic heterocycles. The molecule has 2 aliphatic rings. The summed E-state index contributed by atoms with van der Waals surface area (Å²) in [6.07, 6.45) is -1.84. The van der Waals surface area contributed by atoms with Crippen LogP contribution < -0.4 is 0 Å². The van der Waals surface area contributed by atoms with Crippen molar-refractivity contribution in [2.75, 3.05) is 19.7 Å². The van der Waals surface area contributed by atoms with Crippen LogP contribution in [0.25, 0.3) is 11.3 Å². The maximum atomic E-state index is 13.8. The highest BCUT2D eigenvalue weighted by atomic mass is 35.5. The Morgan fingerprint density at radius 2 is 1.92 bits per heavy atom. The zero-order valence-corrected chi connectivity index (χ0v) is 21.3. The van der Waals surface area contributed by atoms with Crippen molar-refractivity contribution < 1.29 is 38.0 Å². The van der Waals surface area contributed by atoms with Crippen LogP contribution in [0.15, 0.2) is 42.6 Å². The highest BCUT2D eigenvalue weighted by Gasteiger charge is 2.56. The third-order valence-corrected chi connectivity index (χ3v) is 7.57. The van der Waals surface area contributed by atoms with Gasteiger partial charge in [0.05, 0.1) is 25.8 Å². The summed E-state index contributed by atoms with van der Waals surface area (Å²) >= 11 is 6.04. The fourth-order valence-electron chi connectivity index (χ4n) is 5.40. The zero-order valence-electron chi connectivity index (χ0n) is 20.6. The largest absolute Gasteiger partial charge is 0.394 e. The van der Waals surface area contributed by atoms with E-state index in [1.807, 2.05) is 0 Å². The maximum absolute atomic E-state index is 13.8. The van der Waals surface area contributed by atoms with E-state index in [0.29, 0.717) is 24.4 Å². The number of aliphatic hydroxyl groups is 3. The average molecular weight is 567 g/mol. The Bertz CT molecular complexity index is 1350. The van der Waals surface area contributed by atoms with Crippen LogP contribution in [0.4, 0.5) is 13.2 Å². The van der Waals surface area contributed by atoms with E-state index >= 15 is 0 Å². The summed E-state index contributed by atoms with van der Waals surface area (Å²) in [7, 11) is 0. The number of likely N-dealkylation sites (tertiary alicyclic amines) is 1. The highest BCUT2D eigenvalue weighted by Crippen LogP contribution is 2.42. The van der Waals surface area contributed by atoms with E-state index in [4.69, 9.17) is 16.3 Å². The first-order chi connectivity index (χ1) is 18.6. The number of aromatic nitrogens is 3. The molecule has 2 aliphatic heterocycles. The molecular weight excluding hydrogens is 541 g/mol. The quantitative estimate of drug-likeness (QED) is 0.405. The lowest BCUT2D eigenvalue weighted by Crippen LogP contribution is -2.68. The van der Waals surface area contributed by atoms with E-state index < -0.39 is 54.0 Å². The Balaban J connectivity index is 1.42. The van der Waals surface area contributed by atoms with E-state index in [2.05, 4.69) is 10.3 Å². The normalized spacial score (nSPS) is 27.2. The third kappa shape index (κ3) is 5.27. The molecule has 3 N–H and O–H groups in total. The summed E-state index contributed by atoms with van der Waals surface area (Å²) in [5, 5.41) is 40.8. The molecule has 5 atom stereocenters. The van der Waals surface area contributed by atoms with Gasteiger partial charge in [-0.1, -0.05) is 28.9 Å². The Kier molecular flexibility index (Phi) is 7.66. The standard InChI is InChI=1S/C26H26ClF3N4O5/c27-16-4-1-3-14(7-16)8-21(36)33-6-2-5-26(13-33)25(38)23(24(37)20(12-35)39-26)34-11-19(31-32-34)15-9-17(28)22(30)18(29)10-15/h1,3-4,7,9-11,20,23-25,35,37-38H,2,5-6,8,12-13H2/t20-,23+,24+,25-,26-/m1/s1. The lowest BCUT2D eigenvalue weighted by molar-refractivity contribution is -0.267. The molecule has 208 valence electrons. The zero-order chi connectivity index (χ0) is 27.9. The molecule has 3 heterocycles. The molecule has 0 saturated carbocycles. The van der Waals surface area contributed by atoms with Gasteiger partial charge in [-0.25, -0.2) is 17.9 Å².